The highest BCUT2D eigenvalue weighted by molar-refractivity contribution is 5.95. The molecule has 0 spiro atoms. The van der Waals surface area contributed by atoms with Gasteiger partial charge in [-0.1, -0.05) is 18.2 Å². The fourth-order valence-electron chi connectivity index (χ4n) is 4.71. The van der Waals surface area contributed by atoms with Crippen molar-refractivity contribution in [2.45, 2.75) is 39.2 Å². The minimum Gasteiger partial charge on any atom is -0.377 e. The van der Waals surface area contributed by atoms with Crippen molar-refractivity contribution in [3.8, 4) is 0 Å². The number of pyridine rings is 1. The Kier molecular flexibility index (Phi) is 4.57. The van der Waals surface area contributed by atoms with E-state index in [9.17, 15) is 4.79 Å². The lowest BCUT2D eigenvalue weighted by molar-refractivity contribution is -0.124. The number of aromatic nitrogens is 1. The van der Waals surface area contributed by atoms with E-state index in [0.29, 0.717) is 12.5 Å². The number of rotatable bonds is 3. The average molecular weight is 353 g/mol. The van der Waals surface area contributed by atoms with E-state index in [1.807, 2.05) is 6.20 Å². The van der Waals surface area contributed by atoms with Crippen LogP contribution >= 0.6 is 0 Å². The third-order valence-corrected chi connectivity index (χ3v) is 6.08. The summed E-state index contributed by atoms with van der Waals surface area (Å²) in [6, 6.07) is 6.40. The molecule has 0 saturated carbocycles. The number of ether oxygens (including phenoxy) is 1. The number of nitrogens with zero attached hydrogens (tertiary/aromatic N) is 2. The lowest BCUT2D eigenvalue weighted by atomic mass is 9.83. The number of hydrogen-bond acceptors (Lipinski definition) is 4. The normalized spacial score (nSPS) is 24.3. The summed E-state index contributed by atoms with van der Waals surface area (Å²) in [4.78, 5) is 18.8. The number of para-hydroxylation sites is 1. The average Bonchev–Trinajstić information content (AvgIpc) is 3.12. The van der Waals surface area contributed by atoms with Gasteiger partial charge in [-0.05, 0) is 50.2 Å². The Labute approximate surface area is 154 Å². The largest absolute Gasteiger partial charge is 0.377 e. The molecule has 138 valence electrons. The van der Waals surface area contributed by atoms with Crippen molar-refractivity contribution in [3.05, 3.63) is 35.5 Å². The molecule has 0 unspecified atom stereocenters. The van der Waals surface area contributed by atoms with Crippen molar-refractivity contribution >= 4 is 22.5 Å². The van der Waals surface area contributed by atoms with Gasteiger partial charge in [-0.15, -0.1) is 0 Å². The third-order valence-electron chi connectivity index (χ3n) is 6.08. The van der Waals surface area contributed by atoms with Gasteiger partial charge in [0, 0.05) is 31.3 Å². The van der Waals surface area contributed by atoms with E-state index in [2.05, 4.69) is 41.9 Å². The first-order chi connectivity index (χ1) is 12.6. The number of aryl methyl sites for hydroxylation is 2. The molecule has 26 heavy (non-hydrogen) atoms. The van der Waals surface area contributed by atoms with Crippen LogP contribution in [-0.2, 0) is 9.53 Å². The number of nitrogens with two attached hydrogens (primary N) is 1. The standard InChI is InChI=1S/C21H27N3O2/c1-13-4-3-5-16-18(13)23-12-14(2)19(16)24-9-6-15(7-10-24)20-17(21(22)25)8-11-26-20/h3-5,12,15,17,20H,6-11H2,1-2H3,(H2,22,25)/t17-,20+/m0/s1. The second-order valence-electron chi connectivity index (χ2n) is 7.72. The van der Waals surface area contributed by atoms with Gasteiger partial charge in [-0.3, -0.25) is 9.78 Å². The molecule has 3 heterocycles. The molecular weight excluding hydrogens is 326 g/mol. The van der Waals surface area contributed by atoms with Gasteiger partial charge in [0.05, 0.1) is 23.2 Å². The van der Waals surface area contributed by atoms with Crippen LogP contribution in [0.5, 0.6) is 0 Å². The van der Waals surface area contributed by atoms with Crippen molar-refractivity contribution in [1.29, 1.82) is 0 Å². The van der Waals surface area contributed by atoms with Crippen LogP contribution in [0.15, 0.2) is 24.4 Å². The molecule has 2 atom stereocenters. The van der Waals surface area contributed by atoms with Crippen LogP contribution in [0.4, 0.5) is 5.69 Å². The summed E-state index contributed by atoms with van der Waals surface area (Å²) in [5, 5.41) is 1.23. The molecule has 2 fully saturated rings. The second-order valence-corrected chi connectivity index (χ2v) is 7.72. The number of piperidine rings is 1. The molecule has 5 nitrogen and oxygen atoms in total. The predicted octanol–water partition coefficient (Wildman–Crippen LogP) is 2.96. The molecule has 2 saturated heterocycles. The fourth-order valence-corrected chi connectivity index (χ4v) is 4.71. The molecule has 2 aliphatic rings. The third kappa shape index (κ3) is 2.94. The monoisotopic (exact) mass is 353 g/mol. The maximum absolute atomic E-state index is 11.7. The van der Waals surface area contributed by atoms with Gasteiger partial charge in [0.15, 0.2) is 0 Å². The molecule has 2 N–H and O–H groups in total. The van der Waals surface area contributed by atoms with E-state index in [1.165, 1.54) is 22.2 Å². The number of amides is 1. The Morgan fingerprint density at radius 3 is 2.69 bits per heavy atom. The summed E-state index contributed by atoms with van der Waals surface area (Å²) in [6.45, 7) is 6.86. The smallest absolute Gasteiger partial charge is 0.223 e. The van der Waals surface area contributed by atoms with Crippen LogP contribution in [0.2, 0.25) is 0 Å². The van der Waals surface area contributed by atoms with E-state index >= 15 is 0 Å². The van der Waals surface area contributed by atoms with Gasteiger partial charge in [0.25, 0.3) is 0 Å². The van der Waals surface area contributed by atoms with Crippen LogP contribution < -0.4 is 10.6 Å². The summed E-state index contributed by atoms with van der Waals surface area (Å²) >= 11 is 0. The zero-order valence-electron chi connectivity index (χ0n) is 15.6. The number of fused-ring (bicyclic) bond motifs is 1. The van der Waals surface area contributed by atoms with Gasteiger partial charge in [-0.2, -0.15) is 0 Å². The Hall–Kier alpha value is -2.14. The summed E-state index contributed by atoms with van der Waals surface area (Å²) in [5.41, 5.74) is 10.4. The predicted molar refractivity (Wildman–Crippen MR) is 103 cm³/mol. The molecule has 1 amide bonds. The number of carbonyl (C=O) groups excluding carboxylic acids is 1. The highest BCUT2D eigenvalue weighted by atomic mass is 16.5. The maximum Gasteiger partial charge on any atom is 0.223 e. The molecule has 2 aromatic rings. The Bertz CT molecular complexity index is 827. The lowest BCUT2D eigenvalue weighted by Gasteiger charge is -2.38. The number of carbonyl (C=O) groups is 1. The van der Waals surface area contributed by atoms with Gasteiger partial charge in [-0.25, -0.2) is 0 Å². The van der Waals surface area contributed by atoms with Gasteiger partial charge >= 0.3 is 0 Å². The Morgan fingerprint density at radius 1 is 1.19 bits per heavy atom. The van der Waals surface area contributed by atoms with Crippen LogP contribution in [0.3, 0.4) is 0 Å². The maximum atomic E-state index is 11.7. The van der Waals surface area contributed by atoms with Gasteiger partial charge < -0.3 is 15.4 Å². The first kappa shape index (κ1) is 17.3. The van der Waals surface area contributed by atoms with Crippen molar-refractivity contribution in [3.63, 3.8) is 0 Å². The van der Waals surface area contributed by atoms with Crippen LogP contribution in [0, 0.1) is 25.7 Å². The highest BCUT2D eigenvalue weighted by Crippen LogP contribution is 2.37. The van der Waals surface area contributed by atoms with E-state index < -0.39 is 0 Å². The Morgan fingerprint density at radius 2 is 1.96 bits per heavy atom. The topological polar surface area (TPSA) is 68.5 Å². The number of anilines is 1. The van der Waals surface area contributed by atoms with Crippen molar-refractivity contribution in [2.75, 3.05) is 24.6 Å². The SMILES string of the molecule is Cc1cnc2c(C)cccc2c1N1CCC([C@H]2OCC[C@@H]2C(N)=O)CC1. The molecule has 1 aromatic heterocycles. The molecule has 0 aliphatic carbocycles. The molecule has 0 radical (unpaired) electrons. The quantitative estimate of drug-likeness (QED) is 0.921. The summed E-state index contributed by atoms with van der Waals surface area (Å²) in [5.74, 6) is 0.0976. The summed E-state index contributed by atoms with van der Waals surface area (Å²) in [7, 11) is 0. The molecule has 2 aliphatic heterocycles. The molecule has 1 aromatic carbocycles. The van der Waals surface area contributed by atoms with Crippen LogP contribution in [-0.4, -0.2) is 36.7 Å². The van der Waals surface area contributed by atoms with Crippen LogP contribution in [0.25, 0.3) is 10.9 Å². The summed E-state index contributed by atoms with van der Waals surface area (Å²) in [6.07, 6.45) is 4.83. The molecule has 4 rings (SSSR count). The first-order valence-electron chi connectivity index (χ1n) is 9.57. The number of primary amides is 1. The van der Waals surface area contributed by atoms with E-state index in [0.717, 1.165) is 37.9 Å². The van der Waals surface area contributed by atoms with Gasteiger partial charge in [0.2, 0.25) is 5.91 Å². The molecule has 0 bridgehead atoms. The van der Waals surface area contributed by atoms with E-state index in [-0.39, 0.29) is 17.9 Å². The molecule has 5 heteroatoms. The lowest BCUT2D eigenvalue weighted by Crippen LogP contribution is -2.42. The van der Waals surface area contributed by atoms with Crippen molar-refractivity contribution in [2.24, 2.45) is 17.6 Å². The minimum atomic E-state index is -0.207. The minimum absolute atomic E-state index is 0.00664. The Balaban J connectivity index is 1.56. The molecular formula is C21H27N3O2. The number of benzene rings is 1. The second kappa shape index (κ2) is 6.88. The first-order valence-corrected chi connectivity index (χ1v) is 9.57. The van der Waals surface area contributed by atoms with Gasteiger partial charge in [0.1, 0.15) is 0 Å². The van der Waals surface area contributed by atoms with Crippen molar-refractivity contribution in [1.82, 2.24) is 4.98 Å². The van der Waals surface area contributed by atoms with Crippen molar-refractivity contribution < 1.29 is 9.53 Å². The summed E-state index contributed by atoms with van der Waals surface area (Å²) < 4.78 is 5.89. The zero-order valence-corrected chi connectivity index (χ0v) is 15.6. The highest BCUT2D eigenvalue weighted by Gasteiger charge is 2.39. The number of hydrogen-bond donors (Lipinski definition) is 1. The van der Waals surface area contributed by atoms with Crippen LogP contribution in [0.1, 0.15) is 30.4 Å². The fraction of sp³-hybridized carbons (Fsp3) is 0.524. The van der Waals surface area contributed by atoms with E-state index in [1.54, 1.807) is 0 Å². The van der Waals surface area contributed by atoms with E-state index in [4.69, 9.17) is 10.5 Å². The zero-order chi connectivity index (χ0) is 18.3.